The van der Waals surface area contributed by atoms with Crippen LogP contribution in [0.1, 0.15) is 39.0 Å². The van der Waals surface area contributed by atoms with E-state index in [9.17, 15) is 4.79 Å². The van der Waals surface area contributed by atoms with E-state index in [0.717, 1.165) is 24.2 Å². The van der Waals surface area contributed by atoms with Gasteiger partial charge < -0.3 is 0 Å². The molecule has 1 amide bonds. The van der Waals surface area contributed by atoms with Crippen molar-refractivity contribution in [1.82, 2.24) is 0 Å². The normalized spacial score (nSPS) is 15.2. The van der Waals surface area contributed by atoms with E-state index in [1.807, 2.05) is 30.3 Å². The van der Waals surface area contributed by atoms with Crippen LogP contribution in [0.15, 0.2) is 35.4 Å². The predicted octanol–water partition coefficient (Wildman–Crippen LogP) is 3.36. The molecule has 0 fully saturated rings. The van der Waals surface area contributed by atoms with E-state index in [4.69, 9.17) is 0 Å². The van der Waals surface area contributed by atoms with Gasteiger partial charge in [-0.05, 0) is 25.0 Å². The Kier molecular flexibility index (Phi) is 3.91. The quantitative estimate of drug-likeness (QED) is 0.714. The molecule has 1 aromatic rings. The Labute approximate surface area is 102 Å². The van der Waals surface area contributed by atoms with Crippen LogP contribution in [-0.2, 0) is 4.79 Å². The summed E-state index contributed by atoms with van der Waals surface area (Å²) in [7, 11) is 0. The molecule has 1 aliphatic heterocycles. The summed E-state index contributed by atoms with van der Waals surface area (Å²) in [5.74, 6) is 0.0858. The molecule has 0 N–H and O–H groups in total. The Hall–Kier alpha value is -1.64. The molecule has 90 valence electrons. The molecule has 2 rings (SSSR count). The van der Waals surface area contributed by atoms with Crippen LogP contribution in [0.25, 0.3) is 0 Å². The highest BCUT2D eigenvalue weighted by Crippen LogP contribution is 2.21. The van der Waals surface area contributed by atoms with Gasteiger partial charge in [0.05, 0.1) is 12.1 Å². The summed E-state index contributed by atoms with van der Waals surface area (Å²) in [6.07, 6.45) is 4.97. The monoisotopic (exact) mass is 230 g/mol. The summed E-state index contributed by atoms with van der Waals surface area (Å²) in [6.45, 7) is 2.18. The number of para-hydroxylation sites is 1. The van der Waals surface area contributed by atoms with Gasteiger partial charge in [0.1, 0.15) is 0 Å². The van der Waals surface area contributed by atoms with Crippen LogP contribution < -0.4 is 5.01 Å². The minimum absolute atomic E-state index is 0.0858. The molecule has 1 aliphatic rings. The first-order valence-electron chi connectivity index (χ1n) is 6.25. The lowest BCUT2D eigenvalue weighted by atomic mass is 10.1. The Morgan fingerprint density at radius 1 is 1.24 bits per heavy atom. The van der Waals surface area contributed by atoms with Gasteiger partial charge in [-0.3, -0.25) is 4.79 Å². The summed E-state index contributed by atoms with van der Waals surface area (Å²) in [5.41, 5.74) is 1.88. The van der Waals surface area contributed by atoms with Gasteiger partial charge in [0.15, 0.2) is 0 Å². The second-order valence-corrected chi connectivity index (χ2v) is 4.34. The Balaban J connectivity index is 2.02. The van der Waals surface area contributed by atoms with Gasteiger partial charge in [-0.25, -0.2) is 5.01 Å². The molecule has 0 saturated carbocycles. The van der Waals surface area contributed by atoms with Gasteiger partial charge >= 0.3 is 0 Å². The summed E-state index contributed by atoms with van der Waals surface area (Å²) < 4.78 is 0. The molecular formula is C14H18N2O. The highest BCUT2D eigenvalue weighted by Gasteiger charge is 2.24. The van der Waals surface area contributed by atoms with Crippen LogP contribution in [0.5, 0.6) is 0 Å². The summed E-state index contributed by atoms with van der Waals surface area (Å²) in [4.78, 5) is 11.8. The van der Waals surface area contributed by atoms with Crippen LogP contribution in [0.3, 0.4) is 0 Å². The minimum atomic E-state index is 0.0858. The van der Waals surface area contributed by atoms with Crippen LogP contribution in [0.4, 0.5) is 5.69 Å². The number of anilines is 1. The molecule has 3 heteroatoms. The third-order valence-electron chi connectivity index (χ3n) is 2.90. The molecule has 0 spiro atoms. The zero-order valence-electron chi connectivity index (χ0n) is 10.2. The van der Waals surface area contributed by atoms with Crippen molar-refractivity contribution in [3.8, 4) is 0 Å². The Morgan fingerprint density at radius 3 is 2.71 bits per heavy atom. The van der Waals surface area contributed by atoms with E-state index in [0.29, 0.717) is 6.42 Å². The summed E-state index contributed by atoms with van der Waals surface area (Å²) in [6, 6.07) is 9.61. The smallest absolute Gasteiger partial charge is 0.253 e. The number of rotatable bonds is 5. The van der Waals surface area contributed by atoms with Crippen molar-refractivity contribution in [2.45, 2.75) is 39.0 Å². The van der Waals surface area contributed by atoms with Gasteiger partial charge in [-0.1, -0.05) is 38.0 Å². The van der Waals surface area contributed by atoms with Crippen molar-refractivity contribution in [3.63, 3.8) is 0 Å². The SMILES string of the molecule is CCCCCC1=NN(c2ccccc2)C(=O)C1. The van der Waals surface area contributed by atoms with E-state index in [-0.39, 0.29) is 5.91 Å². The number of amides is 1. The maximum atomic E-state index is 11.8. The third-order valence-corrected chi connectivity index (χ3v) is 2.90. The Bertz CT molecular complexity index is 411. The molecule has 0 saturated heterocycles. The molecule has 17 heavy (non-hydrogen) atoms. The number of carbonyl (C=O) groups is 1. The first kappa shape index (κ1) is 11.8. The maximum absolute atomic E-state index is 11.8. The van der Waals surface area contributed by atoms with Crippen molar-refractivity contribution in [1.29, 1.82) is 0 Å². The van der Waals surface area contributed by atoms with E-state index in [2.05, 4.69) is 12.0 Å². The maximum Gasteiger partial charge on any atom is 0.253 e. The van der Waals surface area contributed by atoms with Crippen LogP contribution in [-0.4, -0.2) is 11.6 Å². The number of hydrogen-bond acceptors (Lipinski definition) is 2. The fourth-order valence-corrected chi connectivity index (χ4v) is 1.97. The molecule has 0 aromatic heterocycles. The number of hydrogen-bond donors (Lipinski definition) is 0. The van der Waals surface area contributed by atoms with Gasteiger partial charge in [-0.15, -0.1) is 0 Å². The molecule has 0 atom stereocenters. The first-order valence-corrected chi connectivity index (χ1v) is 6.25. The fraction of sp³-hybridized carbons (Fsp3) is 0.429. The van der Waals surface area contributed by atoms with Crippen molar-refractivity contribution in [3.05, 3.63) is 30.3 Å². The van der Waals surface area contributed by atoms with E-state index in [1.165, 1.54) is 17.9 Å². The lowest BCUT2D eigenvalue weighted by molar-refractivity contribution is -0.116. The molecule has 0 radical (unpaired) electrons. The summed E-state index contributed by atoms with van der Waals surface area (Å²) in [5, 5.41) is 5.94. The van der Waals surface area contributed by atoms with Crippen molar-refractivity contribution < 1.29 is 4.79 Å². The molecule has 0 bridgehead atoms. The largest absolute Gasteiger partial charge is 0.272 e. The van der Waals surface area contributed by atoms with Crippen molar-refractivity contribution in [2.24, 2.45) is 5.10 Å². The average Bonchev–Trinajstić information content (AvgIpc) is 2.72. The number of nitrogens with zero attached hydrogens (tertiary/aromatic N) is 2. The van der Waals surface area contributed by atoms with Gasteiger partial charge in [0, 0.05) is 5.71 Å². The predicted molar refractivity (Wildman–Crippen MR) is 70.1 cm³/mol. The topological polar surface area (TPSA) is 32.7 Å². The number of unbranched alkanes of at least 4 members (excludes halogenated alkanes) is 2. The minimum Gasteiger partial charge on any atom is -0.272 e. The molecule has 1 aromatic carbocycles. The van der Waals surface area contributed by atoms with Gasteiger partial charge in [0.2, 0.25) is 0 Å². The van der Waals surface area contributed by atoms with Crippen LogP contribution in [0.2, 0.25) is 0 Å². The number of hydrazone groups is 1. The first-order chi connectivity index (χ1) is 8.31. The second-order valence-electron chi connectivity index (χ2n) is 4.34. The van der Waals surface area contributed by atoms with Crippen LogP contribution in [0, 0.1) is 0 Å². The van der Waals surface area contributed by atoms with Crippen molar-refractivity contribution in [2.75, 3.05) is 5.01 Å². The molecular weight excluding hydrogens is 212 g/mol. The van der Waals surface area contributed by atoms with Crippen molar-refractivity contribution >= 4 is 17.3 Å². The Morgan fingerprint density at radius 2 is 2.00 bits per heavy atom. The zero-order chi connectivity index (χ0) is 12.1. The number of carbonyl (C=O) groups excluding carboxylic acids is 1. The lowest BCUT2D eigenvalue weighted by Gasteiger charge is -2.10. The van der Waals surface area contributed by atoms with E-state index in [1.54, 1.807) is 0 Å². The fourth-order valence-electron chi connectivity index (χ4n) is 1.97. The molecule has 0 unspecified atom stereocenters. The molecule has 1 heterocycles. The standard InChI is InChI=1S/C14H18N2O/c1-2-3-5-8-12-11-14(17)16(15-12)13-9-6-4-7-10-13/h4,6-7,9-10H,2-3,5,8,11H2,1H3. The summed E-state index contributed by atoms with van der Waals surface area (Å²) >= 11 is 0. The zero-order valence-corrected chi connectivity index (χ0v) is 10.2. The molecule has 3 nitrogen and oxygen atoms in total. The third kappa shape index (κ3) is 2.93. The average molecular weight is 230 g/mol. The second kappa shape index (κ2) is 5.62. The van der Waals surface area contributed by atoms with E-state index >= 15 is 0 Å². The number of benzene rings is 1. The highest BCUT2D eigenvalue weighted by atomic mass is 16.2. The van der Waals surface area contributed by atoms with Gasteiger partial charge in [-0.2, -0.15) is 5.10 Å². The lowest BCUT2D eigenvalue weighted by Crippen LogP contribution is -2.19. The van der Waals surface area contributed by atoms with Crippen LogP contribution >= 0.6 is 0 Å². The van der Waals surface area contributed by atoms with E-state index < -0.39 is 0 Å². The molecule has 0 aliphatic carbocycles. The highest BCUT2D eigenvalue weighted by molar-refractivity contribution is 6.12. The van der Waals surface area contributed by atoms with Gasteiger partial charge in [0.25, 0.3) is 5.91 Å².